The lowest BCUT2D eigenvalue weighted by Crippen LogP contribution is -2.50. The molecular weight excluding hydrogens is 458 g/mol. The van der Waals surface area contributed by atoms with Crippen molar-refractivity contribution < 1.29 is 24.2 Å². The van der Waals surface area contributed by atoms with Gasteiger partial charge in [-0.25, -0.2) is 0 Å². The summed E-state index contributed by atoms with van der Waals surface area (Å²) in [6.45, 7) is 4.34. The summed E-state index contributed by atoms with van der Waals surface area (Å²) in [6.07, 6.45) is 3.20. The molecule has 0 aliphatic rings. The van der Waals surface area contributed by atoms with Gasteiger partial charge in [0.2, 0.25) is 11.8 Å². The van der Waals surface area contributed by atoms with Crippen molar-refractivity contribution in [2.45, 2.75) is 45.6 Å². The van der Waals surface area contributed by atoms with Crippen molar-refractivity contribution in [3.63, 3.8) is 0 Å². The van der Waals surface area contributed by atoms with E-state index in [0.29, 0.717) is 25.8 Å². The molecule has 0 bridgehead atoms. The molecule has 2 atom stereocenters. The molecule has 0 saturated heterocycles. The van der Waals surface area contributed by atoms with Gasteiger partial charge >= 0.3 is 5.97 Å². The molecule has 3 aromatic rings. The van der Waals surface area contributed by atoms with Crippen molar-refractivity contribution in [2.75, 3.05) is 13.7 Å². The van der Waals surface area contributed by atoms with Gasteiger partial charge < -0.3 is 25.5 Å². The number of carbonyl (C=O) groups excluding carboxylic acids is 3. The van der Waals surface area contributed by atoms with Gasteiger partial charge in [-0.1, -0.05) is 44.2 Å². The maximum absolute atomic E-state index is 13.2. The van der Waals surface area contributed by atoms with Crippen LogP contribution in [0.3, 0.4) is 0 Å². The Morgan fingerprint density at radius 2 is 1.75 bits per heavy atom. The van der Waals surface area contributed by atoms with Crippen LogP contribution < -0.4 is 10.6 Å². The zero-order valence-electron chi connectivity index (χ0n) is 21.0. The number of H-pyrrole nitrogens is 1. The van der Waals surface area contributed by atoms with Crippen LogP contribution in [-0.2, 0) is 32.0 Å². The first kappa shape index (κ1) is 26.8. The number of ether oxygens (including phenoxy) is 1. The first-order valence-electron chi connectivity index (χ1n) is 12.2. The standard InChI is InChI=1S/C28H35N3O5/c1-18(2)14-20(16-26(33)36-3)27(34)31-25(15-21-17-30-24-7-5-4-6-23(21)24)28(35)29-13-12-19-8-10-22(32)11-9-19/h4-11,17-18,20,25,30,32H,12-16H2,1-3H3,(H,29,35)(H,31,34)/t20-,25+/m1/s1. The highest BCUT2D eigenvalue weighted by atomic mass is 16.5. The molecule has 8 nitrogen and oxygen atoms in total. The Morgan fingerprint density at radius 3 is 2.44 bits per heavy atom. The predicted octanol–water partition coefficient (Wildman–Crippen LogP) is 3.49. The number of benzene rings is 2. The molecule has 0 fully saturated rings. The van der Waals surface area contributed by atoms with Gasteiger partial charge in [0.15, 0.2) is 0 Å². The summed E-state index contributed by atoms with van der Waals surface area (Å²) >= 11 is 0. The summed E-state index contributed by atoms with van der Waals surface area (Å²) in [6, 6.07) is 13.8. The number of nitrogens with one attached hydrogen (secondary N) is 3. The minimum absolute atomic E-state index is 0.0389. The topological polar surface area (TPSA) is 121 Å². The average Bonchev–Trinajstić information content (AvgIpc) is 3.26. The van der Waals surface area contributed by atoms with Crippen LogP contribution in [0.1, 0.15) is 37.8 Å². The van der Waals surface area contributed by atoms with Crippen molar-refractivity contribution in [3.8, 4) is 5.75 Å². The average molecular weight is 494 g/mol. The fourth-order valence-corrected chi connectivity index (χ4v) is 4.27. The Labute approximate surface area is 211 Å². The summed E-state index contributed by atoms with van der Waals surface area (Å²) in [7, 11) is 1.30. The highest BCUT2D eigenvalue weighted by Gasteiger charge is 2.28. The number of phenols is 1. The Morgan fingerprint density at radius 1 is 1.03 bits per heavy atom. The lowest BCUT2D eigenvalue weighted by molar-refractivity contribution is -0.144. The van der Waals surface area contributed by atoms with Gasteiger partial charge in [-0.3, -0.25) is 14.4 Å². The SMILES string of the molecule is COC(=O)C[C@@H](CC(C)C)C(=O)N[C@@H](Cc1c[nH]c2ccccc12)C(=O)NCCc1ccc(O)cc1. The monoisotopic (exact) mass is 493 g/mol. The molecule has 0 saturated carbocycles. The first-order chi connectivity index (χ1) is 17.3. The van der Waals surface area contributed by atoms with Crippen molar-refractivity contribution >= 4 is 28.7 Å². The second-order valence-corrected chi connectivity index (χ2v) is 9.44. The molecule has 1 heterocycles. The molecule has 2 aromatic carbocycles. The van der Waals surface area contributed by atoms with Crippen LogP contribution >= 0.6 is 0 Å². The van der Waals surface area contributed by atoms with E-state index < -0.39 is 17.9 Å². The minimum atomic E-state index is -0.816. The molecule has 4 N–H and O–H groups in total. The Balaban J connectivity index is 1.75. The number of aromatic hydroxyl groups is 1. The highest BCUT2D eigenvalue weighted by molar-refractivity contribution is 5.91. The van der Waals surface area contributed by atoms with Crippen molar-refractivity contribution in [3.05, 3.63) is 65.9 Å². The number of hydrogen-bond acceptors (Lipinski definition) is 5. The van der Waals surface area contributed by atoms with Crippen molar-refractivity contribution in [1.29, 1.82) is 0 Å². The van der Waals surface area contributed by atoms with E-state index >= 15 is 0 Å². The number of amides is 2. The van der Waals surface area contributed by atoms with E-state index in [2.05, 4.69) is 15.6 Å². The molecule has 36 heavy (non-hydrogen) atoms. The van der Waals surface area contributed by atoms with Crippen LogP contribution in [0.4, 0.5) is 0 Å². The van der Waals surface area contributed by atoms with Gasteiger partial charge in [-0.15, -0.1) is 0 Å². The highest BCUT2D eigenvalue weighted by Crippen LogP contribution is 2.21. The maximum atomic E-state index is 13.2. The lowest BCUT2D eigenvalue weighted by Gasteiger charge is -2.23. The summed E-state index contributed by atoms with van der Waals surface area (Å²) in [5.41, 5.74) is 2.84. The van der Waals surface area contributed by atoms with Gasteiger partial charge in [0.25, 0.3) is 0 Å². The quantitative estimate of drug-likeness (QED) is 0.288. The molecule has 0 unspecified atom stereocenters. The normalized spacial score (nSPS) is 12.8. The fraction of sp³-hybridized carbons (Fsp3) is 0.393. The van der Waals surface area contributed by atoms with Gasteiger partial charge in [0, 0.05) is 36.0 Å². The van der Waals surface area contributed by atoms with Crippen molar-refractivity contribution in [1.82, 2.24) is 15.6 Å². The van der Waals surface area contributed by atoms with Crippen LogP contribution in [0.15, 0.2) is 54.7 Å². The Bertz CT molecular complexity index is 1170. The van der Waals surface area contributed by atoms with E-state index in [1.807, 2.05) is 44.3 Å². The zero-order chi connectivity index (χ0) is 26.1. The number of methoxy groups -OCH3 is 1. The van der Waals surface area contributed by atoms with Gasteiger partial charge in [0.05, 0.1) is 13.5 Å². The van der Waals surface area contributed by atoms with Crippen LogP contribution in [0.25, 0.3) is 10.9 Å². The summed E-state index contributed by atoms with van der Waals surface area (Å²) in [5.74, 6) is -1.31. The summed E-state index contributed by atoms with van der Waals surface area (Å²) in [5, 5.41) is 16.3. The van der Waals surface area contributed by atoms with Crippen molar-refractivity contribution in [2.24, 2.45) is 11.8 Å². The van der Waals surface area contributed by atoms with E-state index in [4.69, 9.17) is 4.74 Å². The number of carbonyl (C=O) groups is 3. The van der Waals surface area contributed by atoms with Gasteiger partial charge in [-0.05, 0) is 48.1 Å². The van der Waals surface area contributed by atoms with Crippen LogP contribution in [0.2, 0.25) is 0 Å². The predicted molar refractivity (Wildman–Crippen MR) is 138 cm³/mol. The van der Waals surface area contributed by atoms with Gasteiger partial charge in [-0.2, -0.15) is 0 Å². The molecule has 8 heteroatoms. The number of rotatable bonds is 12. The van der Waals surface area contributed by atoms with Crippen LogP contribution in [0.5, 0.6) is 5.75 Å². The zero-order valence-corrected chi connectivity index (χ0v) is 21.0. The number of phenolic OH excluding ortho intramolecular Hbond substituents is 1. The number of esters is 1. The Hall–Kier alpha value is -3.81. The minimum Gasteiger partial charge on any atom is -0.508 e. The summed E-state index contributed by atoms with van der Waals surface area (Å²) in [4.78, 5) is 41.6. The van der Waals surface area contributed by atoms with Crippen LogP contribution in [-0.4, -0.2) is 47.6 Å². The number of para-hydroxylation sites is 1. The molecule has 3 rings (SSSR count). The van der Waals surface area contributed by atoms with Gasteiger partial charge in [0.1, 0.15) is 11.8 Å². The molecule has 0 radical (unpaired) electrons. The molecule has 0 aliphatic carbocycles. The molecule has 192 valence electrons. The molecule has 0 spiro atoms. The van der Waals surface area contributed by atoms with E-state index in [-0.39, 0.29) is 29.9 Å². The number of hydrogen-bond donors (Lipinski definition) is 4. The smallest absolute Gasteiger partial charge is 0.306 e. The van der Waals surface area contributed by atoms with Crippen LogP contribution in [0, 0.1) is 11.8 Å². The first-order valence-corrected chi connectivity index (χ1v) is 12.2. The number of fused-ring (bicyclic) bond motifs is 1. The molecular formula is C28H35N3O5. The molecule has 1 aromatic heterocycles. The maximum Gasteiger partial charge on any atom is 0.306 e. The second-order valence-electron chi connectivity index (χ2n) is 9.44. The number of aromatic nitrogens is 1. The third-order valence-electron chi connectivity index (χ3n) is 6.15. The fourth-order valence-electron chi connectivity index (χ4n) is 4.27. The molecule has 0 aliphatic heterocycles. The third-order valence-corrected chi connectivity index (χ3v) is 6.15. The van der Waals surface area contributed by atoms with E-state index in [1.54, 1.807) is 24.3 Å². The van der Waals surface area contributed by atoms with E-state index in [9.17, 15) is 19.5 Å². The lowest BCUT2D eigenvalue weighted by atomic mass is 9.92. The number of aromatic amines is 1. The summed E-state index contributed by atoms with van der Waals surface area (Å²) < 4.78 is 4.78. The second kappa shape index (κ2) is 12.8. The Kier molecular flexibility index (Phi) is 9.50. The van der Waals surface area contributed by atoms with E-state index in [0.717, 1.165) is 22.0 Å². The largest absolute Gasteiger partial charge is 0.508 e. The third kappa shape index (κ3) is 7.60. The van der Waals surface area contributed by atoms with E-state index in [1.165, 1.54) is 7.11 Å². The molecule has 2 amide bonds.